The maximum atomic E-state index is 4.15. The van der Waals surface area contributed by atoms with E-state index in [4.69, 9.17) is 0 Å². The van der Waals surface area contributed by atoms with Crippen molar-refractivity contribution < 1.29 is 0 Å². The fourth-order valence-electron chi connectivity index (χ4n) is 0.977. The Balaban J connectivity index is 2.46. The molecule has 0 radical (unpaired) electrons. The topological polar surface area (TPSA) is 30.7 Å². The molecule has 0 N–H and O–H groups in total. The molecule has 0 aromatic carbocycles. The molecule has 0 amide bonds. The minimum Gasteiger partial charge on any atom is -0.249 e. The van der Waals surface area contributed by atoms with Crippen molar-refractivity contribution in [3.8, 4) is 5.69 Å². The second-order valence-electron chi connectivity index (χ2n) is 2.44. The van der Waals surface area contributed by atoms with Gasteiger partial charge in [-0.3, -0.25) is 0 Å². The largest absolute Gasteiger partial charge is 0.249 e. The summed E-state index contributed by atoms with van der Waals surface area (Å²) in [6, 6.07) is 3.80. The van der Waals surface area contributed by atoms with Gasteiger partial charge in [-0.05, 0) is 44.0 Å². The number of hydrogen-bond donors (Lipinski definition) is 0. The fourth-order valence-corrected chi connectivity index (χ4v) is 1.62. The zero-order valence-electron chi connectivity index (χ0n) is 6.48. The van der Waals surface area contributed by atoms with Gasteiger partial charge in [-0.25, -0.2) is 9.67 Å². The second kappa shape index (κ2) is 3.59. The summed E-state index contributed by atoms with van der Waals surface area (Å²) in [6.07, 6.45) is 5.37. The van der Waals surface area contributed by atoms with Crippen molar-refractivity contribution >= 4 is 31.9 Å². The van der Waals surface area contributed by atoms with Gasteiger partial charge in [0.2, 0.25) is 0 Å². The van der Waals surface area contributed by atoms with Crippen LogP contribution in [0.15, 0.2) is 39.8 Å². The molecule has 2 rings (SSSR count). The van der Waals surface area contributed by atoms with Crippen molar-refractivity contribution in [1.29, 1.82) is 0 Å². The maximum Gasteiger partial charge on any atom is 0.108 e. The van der Waals surface area contributed by atoms with Gasteiger partial charge in [0.05, 0.1) is 16.4 Å². The van der Waals surface area contributed by atoms with E-state index >= 15 is 0 Å². The van der Waals surface area contributed by atoms with Crippen LogP contribution in [-0.2, 0) is 0 Å². The van der Waals surface area contributed by atoms with Gasteiger partial charge in [0, 0.05) is 12.4 Å². The Bertz CT molecular complexity index is 425. The number of rotatable bonds is 1. The first kappa shape index (κ1) is 8.90. The third-order valence-electron chi connectivity index (χ3n) is 1.53. The van der Waals surface area contributed by atoms with Crippen molar-refractivity contribution in [2.24, 2.45) is 0 Å². The monoisotopic (exact) mass is 301 g/mol. The summed E-state index contributed by atoms with van der Waals surface area (Å²) < 4.78 is 3.54. The van der Waals surface area contributed by atoms with Crippen LogP contribution in [0.1, 0.15) is 0 Å². The highest BCUT2D eigenvalue weighted by Crippen LogP contribution is 2.14. The Morgan fingerprint density at radius 1 is 1.31 bits per heavy atom. The molecule has 2 aromatic rings. The molecule has 2 aromatic heterocycles. The van der Waals surface area contributed by atoms with Gasteiger partial charge >= 0.3 is 0 Å². The van der Waals surface area contributed by atoms with Crippen LogP contribution in [0.25, 0.3) is 5.69 Å². The molecule has 0 saturated heterocycles. The molecule has 0 bridgehead atoms. The van der Waals surface area contributed by atoms with E-state index in [2.05, 4.69) is 41.9 Å². The average Bonchev–Trinajstić information content (AvgIpc) is 2.52. The summed E-state index contributed by atoms with van der Waals surface area (Å²) in [6.45, 7) is 0. The third kappa shape index (κ3) is 1.97. The highest BCUT2D eigenvalue weighted by Gasteiger charge is 1.98. The average molecular weight is 303 g/mol. The number of halogens is 2. The quantitative estimate of drug-likeness (QED) is 0.759. The van der Waals surface area contributed by atoms with Crippen LogP contribution in [0.4, 0.5) is 0 Å². The molecule has 0 aliphatic rings. The SMILES string of the molecule is Brc1cnn(-c2ccnc(Br)c2)c1. The lowest BCUT2D eigenvalue weighted by atomic mass is 10.4. The number of aromatic nitrogens is 3. The maximum absolute atomic E-state index is 4.15. The van der Waals surface area contributed by atoms with Crippen LogP contribution in [0.3, 0.4) is 0 Å². The standard InChI is InChI=1S/C8H5Br2N3/c9-6-4-12-13(5-6)7-1-2-11-8(10)3-7/h1-5H. The van der Waals surface area contributed by atoms with Gasteiger partial charge < -0.3 is 0 Å². The van der Waals surface area contributed by atoms with Crippen molar-refractivity contribution in [1.82, 2.24) is 14.8 Å². The smallest absolute Gasteiger partial charge is 0.108 e. The summed E-state index contributed by atoms with van der Waals surface area (Å²) in [7, 11) is 0. The van der Waals surface area contributed by atoms with Gasteiger partial charge in [0.15, 0.2) is 0 Å². The molecule has 66 valence electrons. The Morgan fingerprint density at radius 3 is 2.77 bits per heavy atom. The molecular weight excluding hydrogens is 298 g/mol. The molecule has 0 unspecified atom stereocenters. The lowest BCUT2D eigenvalue weighted by Crippen LogP contribution is -1.93. The molecule has 0 aliphatic carbocycles. The molecule has 2 heterocycles. The van der Waals surface area contributed by atoms with Crippen molar-refractivity contribution in [3.63, 3.8) is 0 Å². The molecule has 0 fully saturated rings. The molecule has 0 spiro atoms. The number of nitrogens with zero attached hydrogens (tertiary/aromatic N) is 3. The van der Waals surface area contributed by atoms with E-state index < -0.39 is 0 Å². The third-order valence-corrected chi connectivity index (χ3v) is 2.37. The Labute approximate surface area is 92.1 Å². The summed E-state index contributed by atoms with van der Waals surface area (Å²) in [5.41, 5.74) is 0.979. The van der Waals surface area contributed by atoms with Crippen molar-refractivity contribution in [2.45, 2.75) is 0 Å². The zero-order chi connectivity index (χ0) is 9.26. The minimum atomic E-state index is 0.802. The predicted molar refractivity (Wildman–Crippen MR) is 56.8 cm³/mol. The van der Waals surface area contributed by atoms with E-state index in [1.54, 1.807) is 17.1 Å². The first-order valence-electron chi connectivity index (χ1n) is 3.58. The molecular formula is C8H5Br2N3. The van der Waals surface area contributed by atoms with E-state index in [1.165, 1.54) is 0 Å². The Hall–Kier alpha value is -0.680. The van der Waals surface area contributed by atoms with Gasteiger partial charge in [-0.15, -0.1) is 0 Å². The lowest BCUT2D eigenvalue weighted by molar-refractivity contribution is 0.876. The number of pyridine rings is 1. The lowest BCUT2D eigenvalue weighted by Gasteiger charge is -1.99. The normalized spacial score (nSPS) is 10.3. The first-order valence-corrected chi connectivity index (χ1v) is 5.16. The zero-order valence-corrected chi connectivity index (χ0v) is 9.66. The number of hydrogen-bond acceptors (Lipinski definition) is 2. The van der Waals surface area contributed by atoms with E-state index in [-0.39, 0.29) is 0 Å². The van der Waals surface area contributed by atoms with Crippen LogP contribution in [0.2, 0.25) is 0 Å². The molecule has 13 heavy (non-hydrogen) atoms. The predicted octanol–water partition coefficient (Wildman–Crippen LogP) is 2.79. The minimum absolute atomic E-state index is 0.802. The van der Waals surface area contributed by atoms with Gasteiger partial charge in [0.1, 0.15) is 4.60 Å². The van der Waals surface area contributed by atoms with Crippen molar-refractivity contribution in [3.05, 3.63) is 39.8 Å². The Kier molecular flexibility index (Phi) is 2.46. The van der Waals surface area contributed by atoms with Crippen LogP contribution in [-0.4, -0.2) is 14.8 Å². The second-order valence-corrected chi connectivity index (χ2v) is 4.17. The first-order chi connectivity index (χ1) is 6.25. The van der Waals surface area contributed by atoms with E-state index in [0.29, 0.717) is 0 Å². The molecule has 3 nitrogen and oxygen atoms in total. The summed E-state index contributed by atoms with van der Waals surface area (Å²) in [5, 5.41) is 4.15. The highest BCUT2D eigenvalue weighted by molar-refractivity contribution is 9.10. The molecule has 5 heteroatoms. The highest BCUT2D eigenvalue weighted by atomic mass is 79.9. The van der Waals surface area contributed by atoms with E-state index in [9.17, 15) is 0 Å². The van der Waals surface area contributed by atoms with Crippen LogP contribution < -0.4 is 0 Å². The molecule has 0 aliphatic heterocycles. The summed E-state index contributed by atoms with van der Waals surface area (Å²) >= 11 is 6.64. The van der Waals surface area contributed by atoms with Crippen LogP contribution in [0, 0.1) is 0 Å². The van der Waals surface area contributed by atoms with Gasteiger partial charge in [0.25, 0.3) is 0 Å². The van der Waals surface area contributed by atoms with Gasteiger partial charge in [-0.1, -0.05) is 0 Å². The fraction of sp³-hybridized carbons (Fsp3) is 0. The molecule has 0 atom stereocenters. The van der Waals surface area contributed by atoms with E-state index in [1.807, 2.05) is 18.3 Å². The van der Waals surface area contributed by atoms with Crippen molar-refractivity contribution in [2.75, 3.05) is 0 Å². The molecule has 0 saturated carbocycles. The Morgan fingerprint density at radius 2 is 2.15 bits per heavy atom. The summed E-state index contributed by atoms with van der Waals surface area (Å²) in [5.74, 6) is 0. The van der Waals surface area contributed by atoms with Gasteiger partial charge in [-0.2, -0.15) is 5.10 Å². The van der Waals surface area contributed by atoms with E-state index in [0.717, 1.165) is 14.8 Å². The van der Waals surface area contributed by atoms with Crippen LogP contribution >= 0.6 is 31.9 Å². The van der Waals surface area contributed by atoms with Crippen LogP contribution in [0.5, 0.6) is 0 Å². The summed E-state index contributed by atoms with van der Waals surface area (Å²) in [4.78, 5) is 4.04.